The summed E-state index contributed by atoms with van der Waals surface area (Å²) in [4.78, 5) is 14.4. The van der Waals surface area contributed by atoms with Gasteiger partial charge in [0.05, 0.1) is 0 Å². The van der Waals surface area contributed by atoms with Gasteiger partial charge in [-0.05, 0) is 29.8 Å². The number of benzene rings is 1. The van der Waals surface area contributed by atoms with Crippen LogP contribution in [0.15, 0.2) is 42.6 Å². The Hall–Kier alpha value is -2.56. The number of rotatable bonds is 4. The second kappa shape index (κ2) is 5.18. The lowest BCUT2D eigenvalue weighted by molar-refractivity contribution is 0.0690. The summed E-state index contributed by atoms with van der Waals surface area (Å²) in [6, 6.07) is 9.53. The monoisotopic (exact) mass is 245 g/mol. The molecule has 0 saturated heterocycles. The highest BCUT2D eigenvalue weighted by molar-refractivity contribution is 5.85. The zero-order chi connectivity index (χ0) is 13.0. The molecule has 0 atom stereocenters. The summed E-state index contributed by atoms with van der Waals surface area (Å²) < 4.78 is 5.43. The van der Waals surface area contributed by atoms with E-state index in [4.69, 9.17) is 9.84 Å². The summed E-state index contributed by atoms with van der Waals surface area (Å²) in [5.74, 6) is -0.439. The summed E-state index contributed by atoms with van der Waals surface area (Å²) in [5.41, 5.74) is 0.678. The molecule has 1 heterocycles. The number of phenols is 1. The SMILES string of the molecule is O=C(O)c1cc(COc2cccc(O)c2)ccn1. The fraction of sp³-hybridized carbons (Fsp3) is 0.0769. The van der Waals surface area contributed by atoms with Gasteiger partial charge in [0.2, 0.25) is 0 Å². The average molecular weight is 245 g/mol. The minimum Gasteiger partial charge on any atom is -0.508 e. The van der Waals surface area contributed by atoms with Crippen molar-refractivity contribution in [1.29, 1.82) is 0 Å². The van der Waals surface area contributed by atoms with E-state index in [0.717, 1.165) is 0 Å². The van der Waals surface area contributed by atoms with E-state index in [1.807, 2.05) is 0 Å². The van der Waals surface area contributed by atoms with Crippen molar-refractivity contribution in [3.8, 4) is 11.5 Å². The molecule has 0 radical (unpaired) electrons. The topological polar surface area (TPSA) is 79.7 Å². The maximum Gasteiger partial charge on any atom is 0.354 e. The summed E-state index contributed by atoms with van der Waals surface area (Å²) in [5, 5.41) is 18.1. The number of aromatic hydroxyl groups is 1. The molecular weight excluding hydrogens is 234 g/mol. The molecule has 2 aromatic rings. The number of aromatic nitrogens is 1. The van der Waals surface area contributed by atoms with E-state index < -0.39 is 5.97 Å². The zero-order valence-corrected chi connectivity index (χ0v) is 9.41. The highest BCUT2D eigenvalue weighted by Gasteiger charge is 2.05. The van der Waals surface area contributed by atoms with Gasteiger partial charge in [-0.15, -0.1) is 0 Å². The van der Waals surface area contributed by atoms with Crippen LogP contribution in [-0.4, -0.2) is 21.2 Å². The number of nitrogens with zero attached hydrogens (tertiary/aromatic N) is 1. The second-order valence-electron chi connectivity index (χ2n) is 3.64. The van der Waals surface area contributed by atoms with Gasteiger partial charge in [-0.25, -0.2) is 9.78 Å². The molecule has 0 unspecified atom stereocenters. The first-order valence-corrected chi connectivity index (χ1v) is 5.25. The molecule has 0 spiro atoms. The fourth-order valence-corrected chi connectivity index (χ4v) is 1.42. The Bertz CT molecular complexity index is 568. The first-order valence-electron chi connectivity index (χ1n) is 5.25. The van der Waals surface area contributed by atoms with Crippen molar-refractivity contribution in [2.45, 2.75) is 6.61 Å². The number of hydrogen-bond donors (Lipinski definition) is 2. The predicted molar refractivity (Wildman–Crippen MR) is 63.6 cm³/mol. The van der Waals surface area contributed by atoms with Crippen molar-refractivity contribution in [2.75, 3.05) is 0 Å². The third-order valence-corrected chi connectivity index (χ3v) is 2.27. The predicted octanol–water partition coefficient (Wildman–Crippen LogP) is 2.06. The third-order valence-electron chi connectivity index (χ3n) is 2.27. The van der Waals surface area contributed by atoms with E-state index in [0.29, 0.717) is 11.3 Å². The van der Waals surface area contributed by atoms with Gasteiger partial charge in [0, 0.05) is 12.3 Å². The van der Waals surface area contributed by atoms with Crippen LogP contribution in [0, 0.1) is 0 Å². The quantitative estimate of drug-likeness (QED) is 0.861. The van der Waals surface area contributed by atoms with Gasteiger partial charge in [-0.2, -0.15) is 0 Å². The van der Waals surface area contributed by atoms with Gasteiger partial charge in [0.1, 0.15) is 23.8 Å². The van der Waals surface area contributed by atoms with Gasteiger partial charge in [-0.3, -0.25) is 0 Å². The molecule has 92 valence electrons. The summed E-state index contributed by atoms with van der Waals surface area (Å²) in [6.07, 6.45) is 1.42. The Morgan fingerprint density at radius 1 is 1.28 bits per heavy atom. The Morgan fingerprint density at radius 2 is 2.11 bits per heavy atom. The van der Waals surface area contributed by atoms with Crippen LogP contribution in [0.4, 0.5) is 0 Å². The zero-order valence-electron chi connectivity index (χ0n) is 9.41. The van der Waals surface area contributed by atoms with Crippen LogP contribution in [0.5, 0.6) is 11.5 Å². The van der Waals surface area contributed by atoms with Crippen molar-refractivity contribution >= 4 is 5.97 Å². The van der Waals surface area contributed by atoms with Crippen LogP contribution in [0.1, 0.15) is 16.1 Å². The largest absolute Gasteiger partial charge is 0.508 e. The molecule has 0 aliphatic carbocycles. The van der Waals surface area contributed by atoms with Crippen LogP contribution in [0.2, 0.25) is 0 Å². The van der Waals surface area contributed by atoms with Crippen LogP contribution in [-0.2, 0) is 6.61 Å². The van der Waals surface area contributed by atoms with E-state index in [-0.39, 0.29) is 18.1 Å². The van der Waals surface area contributed by atoms with E-state index in [1.54, 1.807) is 24.3 Å². The fourth-order valence-electron chi connectivity index (χ4n) is 1.42. The summed E-state index contributed by atoms with van der Waals surface area (Å²) >= 11 is 0. The lowest BCUT2D eigenvalue weighted by Gasteiger charge is -2.06. The number of carbonyl (C=O) groups is 1. The van der Waals surface area contributed by atoms with Crippen LogP contribution in [0.3, 0.4) is 0 Å². The second-order valence-corrected chi connectivity index (χ2v) is 3.64. The Balaban J connectivity index is 2.06. The maximum absolute atomic E-state index is 10.7. The molecular formula is C13H11NO4. The normalized spacial score (nSPS) is 10.0. The van der Waals surface area contributed by atoms with Gasteiger partial charge >= 0.3 is 5.97 Å². The van der Waals surface area contributed by atoms with Crippen LogP contribution < -0.4 is 4.74 Å². The van der Waals surface area contributed by atoms with Crippen molar-refractivity contribution in [3.05, 3.63) is 53.9 Å². The molecule has 5 nitrogen and oxygen atoms in total. The number of carboxylic acid groups (broad SMARTS) is 1. The minimum absolute atomic E-state index is 0.0213. The molecule has 2 N–H and O–H groups in total. The molecule has 0 bridgehead atoms. The highest BCUT2D eigenvalue weighted by atomic mass is 16.5. The smallest absolute Gasteiger partial charge is 0.354 e. The first-order chi connectivity index (χ1) is 8.65. The molecule has 2 rings (SSSR count). The lowest BCUT2D eigenvalue weighted by Crippen LogP contribution is -2.02. The minimum atomic E-state index is -1.07. The van der Waals surface area contributed by atoms with Crippen LogP contribution in [0.25, 0.3) is 0 Å². The van der Waals surface area contributed by atoms with E-state index in [2.05, 4.69) is 4.98 Å². The molecule has 1 aromatic heterocycles. The number of aromatic carboxylic acids is 1. The van der Waals surface area contributed by atoms with Crippen molar-refractivity contribution < 1.29 is 19.7 Å². The summed E-state index contributed by atoms with van der Waals surface area (Å²) in [7, 11) is 0. The Labute approximate surface area is 103 Å². The van der Waals surface area contributed by atoms with E-state index in [1.165, 1.54) is 18.3 Å². The lowest BCUT2D eigenvalue weighted by atomic mass is 10.2. The first kappa shape index (κ1) is 11.9. The van der Waals surface area contributed by atoms with Crippen molar-refractivity contribution in [2.24, 2.45) is 0 Å². The molecule has 0 fully saturated rings. The maximum atomic E-state index is 10.7. The molecule has 5 heteroatoms. The number of hydrogen-bond acceptors (Lipinski definition) is 4. The molecule has 1 aromatic carbocycles. The number of carboxylic acids is 1. The highest BCUT2D eigenvalue weighted by Crippen LogP contribution is 2.18. The van der Waals surface area contributed by atoms with E-state index in [9.17, 15) is 9.90 Å². The van der Waals surface area contributed by atoms with Crippen molar-refractivity contribution in [1.82, 2.24) is 4.98 Å². The average Bonchev–Trinajstić information content (AvgIpc) is 2.37. The standard InChI is InChI=1S/C13H11NO4/c15-10-2-1-3-11(7-10)18-8-9-4-5-14-12(6-9)13(16)17/h1-7,15H,8H2,(H,16,17). The number of pyridine rings is 1. The molecule has 0 aliphatic heterocycles. The molecule has 0 aliphatic rings. The number of phenolic OH excluding ortho intramolecular Hbond substituents is 1. The van der Waals surface area contributed by atoms with Gasteiger partial charge in [0.25, 0.3) is 0 Å². The van der Waals surface area contributed by atoms with Crippen molar-refractivity contribution in [3.63, 3.8) is 0 Å². The number of ether oxygens (including phenoxy) is 1. The van der Waals surface area contributed by atoms with Crippen LogP contribution >= 0.6 is 0 Å². The Morgan fingerprint density at radius 3 is 2.83 bits per heavy atom. The Kier molecular flexibility index (Phi) is 3.43. The third kappa shape index (κ3) is 2.98. The summed E-state index contributed by atoms with van der Waals surface area (Å²) in [6.45, 7) is 0.215. The van der Waals surface area contributed by atoms with E-state index >= 15 is 0 Å². The molecule has 0 saturated carbocycles. The molecule has 18 heavy (non-hydrogen) atoms. The molecule has 0 amide bonds. The van der Waals surface area contributed by atoms with Gasteiger partial charge in [0.15, 0.2) is 0 Å². The van der Waals surface area contributed by atoms with Gasteiger partial charge in [-0.1, -0.05) is 6.07 Å². The van der Waals surface area contributed by atoms with Gasteiger partial charge < -0.3 is 14.9 Å².